The maximum absolute atomic E-state index is 2.51. The second kappa shape index (κ2) is 14.1. The lowest BCUT2D eigenvalue weighted by Gasteiger charge is -2.33. The van der Waals surface area contributed by atoms with Crippen LogP contribution in [-0.2, 0) is 0 Å². The zero-order valence-corrected chi connectivity index (χ0v) is 36.3. The molecule has 14 rings (SSSR count). The summed E-state index contributed by atoms with van der Waals surface area (Å²) in [5.74, 6) is 0. The van der Waals surface area contributed by atoms with Gasteiger partial charge in [0.05, 0.1) is 11.0 Å². The molecule has 11 aromatic carbocycles. The van der Waals surface area contributed by atoms with Crippen molar-refractivity contribution in [3.8, 4) is 39.1 Å². The summed E-state index contributed by atoms with van der Waals surface area (Å²) in [6.07, 6.45) is 0. The van der Waals surface area contributed by atoms with Crippen LogP contribution >= 0.6 is 23.5 Å². The van der Waals surface area contributed by atoms with Crippen molar-refractivity contribution in [2.75, 3.05) is 0 Å². The molecule has 0 saturated heterocycles. The van der Waals surface area contributed by atoms with Crippen LogP contribution < -0.4 is 16.4 Å². The Bertz CT molecular complexity index is 3810. The first-order valence-corrected chi connectivity index (χ1v) is 23.7. The van der Waals surface area contributed by atoms with Crippen molar-refractivity contribution in [2.24, 2.45) is 0 Å². The third-order valence-electron chi connectivity index (χ3n) is 13.7. The summed E-state index contributed by atoms with van der Waals surface area (Å²) in [4.78, 5) is 5.34. The summed E-state index contributed by atoms with van der Waals surface area (Å²) in [5, 5.41) is 10.2. The molecular formula is C60H36BNS2. The van der Waals surface area contributed by atoms with E-state index in [2.05, 4.69) is 223 Å². The Hall–Kier alpha value is -7.24. The molecule has 2 aliphatic rings. The highest BCUT2D eigenvalue weighted by molar-refractivity contribution is 8.01. The molecule has 1 nitrogen and oxygen atoms in total. The Morgan fingerprint density at radius 3 is 1.45 bits per heavy atom. The molecule has 3 heterocycles. The number of fused-ring (bicyclic) bond motifs is 10. The zero-order chi connectivity index (χ0) is 41.9. The number of hydrogen-bond acceptors (Lipinski definition) is 2. The fourth-order valence-electron chi connectivity index (χ4n) is 11.0. The van der Waals surface area contributed by atoms with Gasteiger partial charge in [-0.25, -0.2) is 0 Å². The molecule has 64 heavy (non-hydrogen) atoms. The van der Waals surface area contributed by atoms with Gasteiger partial charge in [0, 0.05) is 36.0 Å². The van der Waals surface area contributed by atoms with Crippen LogP contribution in [0.5, 0.6) is 0 Å². The van der Waals surface area contributed by atoms with E-state index in [0.29, 0.717) is 0 Å². The third-order valence-corrected chi connectivity index (χ3v) is 16.0. The monoisotopic (exact) mass is 845 g/mol. The molecule has 2 aliphatic heterocycles. The van der Waals surface area contributed by atoms with E-state index < -0.39 is 0 Å². The number of para-hydroxylation sites is 2. The number of nitrogens with zero attached hydrogens (tertiary/aromatic N) is 1. The van der Waals surface area contributed by atoms with Gasteiger partial charge < -0.3 is 4.57 Å². The van der Waals surface area contributed by atoms with E-state index >= 15 is 0 Å². The van der Waals surface area contributed by atoms with Crippen molar-refractivity contribution in [1.82, 2.24) is 4.57 Å². The molecule has 12 aromatic rings. The summed E-state index contributed by atoms with van der Waals surface area (Å²) < 4.78 is 2.45. The molecule has 296 valence electrons. The first-order chi connectivity index (χ1) is 31.8. The molecule has 0 spiro atoms. The van der Waals surface area contributed by atoms with E-state index in [1.54, 1.807) is 0 Å². The van der Waals surface area contributed by atoms with Gasteiger partial charge in [0.1, 0.15) is 0 Å². The maximum Gasteiger partial charge on any atom is 0.247 e. The van der Waals surface area contributed by atoms with Crippen LogP contribution in [0.4, 0.5) is 0 Å². The highest BCUT2D eigenvalue weighted by Gasteiger charge is 2.39. The fraction of sp³-hybridized carbons (Fsp3) is 0. The van der Waals surface area contributed by atoms with Gasteiger partial charge in [-0.2, -0.15) is 0 Å². The highest BCUT2D eigenvalue weighted by Crippen LogP contribution is 2.49. The summed E-state index contributed by atoms with van der Waals surface area (Å²) >= 11 is 3.87. The van der Waals surface area contributed by atoms with Crippen molar-refractivity contribution in [2.45, 2.75) is 19.6 Å². The number of hydrogen-bond donors (Lipinski definition) is 0. The molecule has 0 saturated carbocycles. The van der Waals surface area contributed by atoms with Crippen LogP contribution in [0.15, 0.2) is 238 Å². The molecule has 4 heteroatoms. The molecule has 0 fully saturated rings. The van der Waals surface area contributed by atoms with Crippen molar-refractivity contribution >= 4 is 101 Å². The van der Waals surface area contributed by atoms with Crippen molar-refractivity contribution in [3.63, 3.8) is 0 Å². The van der Waals surface area contributed by atoms with Crippen molar-refractivity contribution < 1.29 is 0 Å². The van der Waals surface area contributed by atoms with Crippen LogP contribution in [0, 0.1) is 0 Å². The largest absolute Gasteiger partial charge is 0.309 e. The van der Waals surface area contributed by atoms with Crippen LogP contribution in [0.25, 0.3) is 93.2 Å². The minimum Gasteiger partial charge on any atom is -0.309 e. The molecule has 0 bridgehead atoms. The molecule has 0 radical (unpaired) electrons. The fourth-order valence-corrected chi connectivity index (χ4v) is 13.6. The lowest BCUT2D eigenvalue weighted by molar-refractivity contribution is 1.16. The van der Waals surface area contributed by atoms with Crippen molar-refractivity contribution in [1.29, 1.82) is 0 Å². The predicted molar refractivity (Wildman–Crippen MR) is 275 cm³/mol. The minimum atomic E-state index is 0.156. The van der Waals surface area contributed by atoms with Gasteiger partial charge in [0.25, 0.3) is 0 Å². The predicted octanol–water partition coefficient (Wildman–Crippen LogP) is 14.7. The molecule has 0 amide bonds. The SMILES string of the molecule is c1ccc(-c2ccc(-c3c4ccccc4c(-c4cc5c6c(c4)Sc4cc(-n7c8ccccc8c8ccccc87)ccc4B6c4ccccc4S5)c4ccccc34)c3ccccc23)cc1. The summed E-state index contributed by atoms with van der Waals surface area (Å²) in [5.41, 5.74) is 15.5. The summed E-state index contributed by atoms with van der Waals surface area (Å²) in [7, 11) is 0. The van der Waals surface area contributed by atoms with E-state index in [1.807, 2.05) is 23.5 Å². The molecule has 0 atom stereocenters. The molecule has 0 aliphatic carbocycles. The summed E-state index contributed by atoms with van der Waals surface area (Å²) in [6.45, 7) is 0.156. The molecular weight excluding hydrogens is 810 g/mol. The zero-order valence-electron chi connectivity index (χ0n) is 34.6. The average Bonchev–Trinajstić information content (AvgIpc) is 3.69. The topological polar surface area (TPSA) is 4.93 Å². The number of benzene rings is 11. The van der Waals surface area contributed by atoms with Crippen LogP contribution in [0.3, 0.4) is 0 Å². The first kappa shape index (κ1) is 36.3. The second-order valence-electron chi connectivity index (χ2n) is 17.1. The number of aromatic nitrogens is 1. The average molecular weight is 846 g/mol. The Labute approximate surface area is 380 Å². The lowest BCUT2D eigenvalue weighted by atomic mass is 9.36. The van der Waals surface area contributed by atoms with Gasteiger partial charge in [0.2, 0.25) is 6.71 Å². The Kier molecular flexibility index (Phi) is 8.01. The molecule has 1 aromatic heterocycles. The third kappa shape index (κ3) is 5.30. The van der Waals surface area contributed by atoms with Crippen molar-refractivity contribution in [3.05, 3.63) is 218 Å². The minimum absolute atomic E-state index is 0.156. The maximum atomic E-state index is 2.51. The van der Waals surface area contributed by atoms with Gasteiger partial charge in [-0.15, -0.1) is 0 Å². The van der Waals surface area contributed by atoms with Gasteiger partial charge >= 0.3 is 0 Å². The smallest absolute Gasteiger partial charge is 0.247 e. The van der Waals surface area contributed by atoms with Gasteiger partial charge in [0.15, 0.2) is 0 Å². The first-order valence-electron chi connectivity index (χ1n) is 22.0. The number of rotatable bonds is 4. The van der Waals surface area contributed by atoms with E-state index in [0.717, 1.165) is 0 Å². The van der Waals surface area contributed by atoms with Crippen LogP contribution in [0.2, 0.25) is 0 Å². The Morgan fingerprint density at radius 2 is 0.797 bits per heavy atom. The quantitative estimate of drug-likeness (QED) is 0.128. The lowest BCUT2D eigenvalue weighted by Crippen LogP contribution is -2.58. The van der Waals surface area contributed by atoms with E-state index in [4.69, 9.17) is 0 Å². The van der Waals surface area contributed by atoms with Crippen LogP contribution in [0.1, 0.15) is 0 Å². The van der Waals surface area contributed by atoms with Gasteiger partial charge in [-0.05, 0) is 114 Å². The highest BCUT2D eigenvalue weighted by atomic mass is 32.2. The molecule has 0 N–H and O–H groups in total. The van der Waals surface area contributed by atoms with E-state index in [-0.39, 0.29) is 6.71 Å². The second-order valence-corrected chi connectivity index (χ2v) is 19.2. The van der Waals surface area contributed by atoms with E-state index in [1.165, 1.54) is 129 Å². The van der Waals surface area contributed by atoms with Gasteiger partial charge in [-0.1, -0.05) is 210 Å². The van der Waals surface area contributed by atoms with Crippen LogP contribution in [-0.4, -0.2) is 11.3 Å². The Morgan fingerprint density at radius 1 is 0.312 bits per heavy atom. The standard InChI is InChI=1S/C60H36BNS2/c1-2-16-37(17-3-1)40-31-32-49(42-19-5-4-18-41(40)42)59-47-24-8-6-22-45(47)58(46-23-7-9-25-48(46)59)38-34-56-60-57(35-38)64-55-36-39(30-33-51(55)61(60)50-26-12-15-29-54(50)63-56)62-52-27-13-10-20-43(52)44-21-11-14-28-53(44)62/h1-36H. The Balaban J connectivity index is 0.992. The normalized spacial score (nSPS) is 12.8. The van der Waals surface area contributed by atoms with Gasteiger partial charge in [-0.3, -0.25) is 0 Å². The summed E-state index contributed by atoms with van der Waals surface area (Å²) in [6, 6.07) is 81.5. The van der Waals surface area contributed by atoms with E-state index in [9.17, 15) is 0 Å². The molecule has 0 unspecified atom stereocenters.